The fraction of sp³-hybridized carbons (Fsp3) is 0.118. The van der Waals surface area contributed by atoms with Crippen LogP contribution < -0.4 is 5.32 Å². The van der Waals surface area contributed by atoms with Crippen molar-refractivity contribution < 1.29 is 4.79 Å². The zero-order chi connectivity index (χ0) is 16.1. The van der Waals surface area contributed by atoms with Crippen molar-refractivity contribution in [2.75, 3.05) is 11.6 Å². The lowest BCUT2D eigenvalue weighted by Gasteiger charge is -2.04. The van der Waals surface area contributed by atoms with Crippen LogP contribution in [0.3, 0.4) is 0 Å². The number of amides is 1. The number of pyridine rings is 1. The van der Waals surface area contributed by atoms with E-state index < -0.39 is 0 Å². The summed E-state index contributed by atoms with van der Waals surface area (Å²) in [6.45, 7) is 0. The van der Waals surface area contributed by atoms with E-state index >= 15 is 0 Å². The van der Waals surface area contributed by atoms with Gasteiger partial charge in [-0.1, -0.05) is 30.3 Å². The van der Waals surface area contributed by atoms with Gasteiger partial charge in [-0.15, -0.1) is 23.1 Å². The van der Waals surface area contributed by atoms with Crippen LogP contribution in [0, 0.1) is 0 Å². The number of nitrogens with one attached hydrogen (secondary N) is 1. The summed E-state index contributed by atoms with van der Waals surface area (Å²) < 4.78 is 0. The van der Waals surface area contributed by atoms with E-state index in [-0.39, 0.29) is 12.3 Å². The van der Waals surface area contributed by atoms with Crippen molar-refractivity contribution in [3.05, 3.63) is 59.7 Å². The predicted octanol–water partition coefficient (Wildman–Crippen LogP) is 4.11. The number of hydrogen-bond donors (Lipinski definition) is 1. The van der Waals surface area contributed by atoms with Gasteiger partial charge < -0.3 is 5.32 Å². The highest BCUT2D eigenvalue weighted by Gasteiger charge is 2.09. The summed E-state index contributed by atoms with van der Waals surface area (Å²) in [5.41, 5.74) is 2.55. The van der Waals surface area contributed by atoms with Crippen LogP contribution in [0.15, 0.2) is 59.1 Å². The third kappa shape index (κ3) is 4.18. The monoisotopic (exact) mass is 341 g/mol. The topological polar surface area (TPSA) is 54.9 Å². The number of hydrogen-bond acceptors (Lipinski definition) is 5. The molecule has 0 saturated heterocycles. The third-order valence-electron chi connectivity index (χ3n) is 3.14. The van der Waals surface area contributed by atoms with Crippen LogP contribution >= 0.6 is 23.1 Å². The molecular formula is C17H15N3OS2. The summed E-state index contributed by atoms with van der Waals surface area (Å²) in [5, 5.41) is 6.63. The number of aromatic nitrogens is 2. The Morgan fingerprint density at radius 2 is 2.04 bits per heavy atom. The van der Waals surface area contributed by atoms with Crippen molar-refractivity contribution in [2.24, 2.45) is 0 Å². The minimum atomic E-state index is -0.0892. The molecule has 116 valence electrons. The standard InChI is InChI=1S/C17H15N3OS2/c1-22-16-8-7-13(10-18-16)19-15(21)9-14-11-23-17(20-14)12-5-3-2-4-6-12/h2-8,10-11H,9H2,1H3,(H,19,21). The molecule has 2 heterocycles. The number of carbonyl (C=O) groups excluding carboxylic acids is 1. The van der Waals surface area contributed by atoms with Crippen LogP contribution in [-0.2, 0) is 11.2 Å². The zero-order valence-corrected chi connectivity index (χ0v) is 14.2. The molecule has 0 aliphatic carbocycles. The first-order valence-corrected chi connectivity index (χ1v) is 9.15. The van der Waals surface area contributed by atoms with Crippen molar-refractivity contribution in [1.82, 2.24) is 9.97 Å². The van der Waals surface area contributed by atoms with Gasteiger partial charge in [0.15, 0.2) is 0 Å². The number of nitrogens with zero attached hydrogens (tertiary/aromatic N) is 2. The van der Waals surface area contributed by atoms with Gasteiger partial charge in [-0.2, -0.15) is 0 Å². The highest BCUT2D eigenvalue weighted by Crippen LogP contribution is 2.23. The number of thioether (sulfide) groups is 1. The van der Waals surface area contributed by atoms with E-state index in [2.05, 4.69) is 15.3 Å². The van der Waals surface area contributed by atoms with Gasteiger partial charge in [-0.05, 0) is 18.4 Å². The van der Waals surface area contributed by atoms with Crippen LogP contribution in [0.5, 0.6) is 0 Å². The average Bonchev–Trinajstić information content (AvgIpc) is 3.04. The SMILES string of the molecule is CSc1ccc(NC(=O)Cc2csc(-c3ccccc3)n2)cn1. The van der Waals surface area contributed by atoms with E-state index in [4.69, 9.17) is 0 Å². The van der Waals surface area contributed by atoms with Gasteiger partial charge in [0.25, 0.3) is 0 Å². The summed E-state index contributed by atoms with van der Waals surface area (Å²) in [7, 11) is 0. The maximum Gasteiger partial charge on any atom is 0.230 e. The molecule has 2 aromatic heterocycles. The molecule has 0 radical (unpaired) electrons. The van der Waals surface area contributed by atoms with Crippen molar-refractivity contribution in [2.45, 2.75) is 11.4 Å². The lowest BCUT2D eigenvalue weighted by Crippen LogP contribution is -2.14. The summed E-state index contributed by atoms with van der Waals surface area (Å²) in [5.74, 6) is -0.0892. The number of anilines is 1. The third-order valence-corrected chi connectivity index (χ3v) is 4.74. The second-order valence-corrected chi connectivity index (χ2v) is 6.51. The van der Waals surface area contributed by atoms with E-state index in [0.717, 1.165) is 21.3 Å². The molecule has 0 aliphatic heterocycles. The van der Waals surface area contributed by atoms with E-state index in [1.807, 2.05) is 54.1 Å². The smallest absolute Gasteiger partial charge is 0.230 e. The molecule has 6 heteroatoms. The number of benzene rings is 1. The maximum atomic E-state index is 12.1. The molecule has 0 atom stereocenters. The minimum absolute atomic E-state index is 0.0892. The van der Waals surface area contributed by atoms with Crippen molar-refractivity contribution in [3.8, 4) is 10.6 Å². The highest BCUT2D eigenvalue weighted by molar-refractivity contribution is 7.98. The van der Waals surface area contributed by atoms with Gasteiger partial charge in [0.05, 0.1) is 29.0 Å². The first-order chi connectivity index (χ1) is 11.2. The zero-order valence-electron chi connectivity index (χ0n) is 12.5. The molecule has 0 aliphatic rings. The minimum Gasteiger partial charge on any atom is -0.324 e. The number of carbonyl (C=O) groups is 1. The van der Waals surface area contributed by atoms with Crippen LogP contribution in [0.25, 0.3) is 10.6 Å². The van der Waals surface area contributed by atoms with Gasteiger partial charge >= 0.3 is 0 Å². The molecule has 4 nitrogen and oxygen atoms in total. The molecule has 0 saturated carbocycles. The fourth-order valence-electron chi connectivity index (χ4n) is 2.05. The Morgan fingerprint density at radius 1 is 1.22 bits per heavy atom. The Balaban J connectivity index is 1.63. The largest absolute Gasteiger partial charge is 0.324 e. The molecule has 3 aromatic rings. The molecule has 23 heavy (non-hydrogen) atoms. The molecule has 3 rings (SSSR count). The Labute approximate surface area is 143 Å². The lowest BCUT2D eigenvalue weighted by atomic mass is 10.2. The van der Waals surface area contributed by atoms with E-state index in [1.165, 1.54) is 0 Å². The van der Waals surface area contributed by atoms with Crippen molar-refractivity contribution >= 4 is 34.7 Å². The van der Waals surface area contributed by atoms with Crippen LogP contribution in [0.4, 0.5) is 5.69 Å². The molecule has 0 unspecified atom stereocenters. The Bertz CT molecular complexity index is 785. The fourth-order valence-corrected chi connectivity index (χ4v) is 3.23. The Morgan fingerprint density at radius 3 is 2.74 bits per heavy atom. The molecule has 0 bridgehead atoms. The Hall–Kier alpha value is -2.18. The molecule has 0 spiro atoms. The van der Waals surface area contributed by atoms with E-state index in [9.17, 15) is 4.79 Å². The van der Waals surface area contributed by atoms with Crippen LogP contribution in [0.2, 0.25) is 0 Å². The molecule has 0 fully saturated rings. The van der Waals surface area contributed by atoms with Gasteiger partial charge in [-0.25, -0.2) is 9.97 Å². The van der Waals surface area contributed by atoms with Gasteiger partial charge in [0.2, 0.25) is 5.91 Å². The summed E-state index contributed by atoms with van der Waals surface area (Å²) in [6, 6.07) is 13.7. The maximum absolute atomic E-state index is 12.1. The summed E-state index contributed by atoms with van der Waals surface area (Å²) >= 11 is 3.12. The second kappa shape index (κ2) is 7.39. The molecular weight excluding hydrogens is 326 g/mol. The van der Waals surface area contributed by atoms with Crippen LogP contribution in [-0.4, -0.2) is 22.1 Å². The first kappa shape index (κ1) is 15.7. The molecule has 1 aromatic carbocycles. The predicted molar refractivity (Wildman–Crippen MR) is 95.9 cm³/mol. The average molecular weight is 341 g/mol. The summed E-state index contributed by atoms with van der Waals surface area (Å²) in [6.07, 6.45) is 3.89. The quantitative estimate of drug-likeness (QED) is 0.710. The van der Waals surface area contributed by atoms with Crippen molar-refractivity contribution in [1.29, 1.82) is 0 Å². The van der Waals surface area contributed by atoms with E-state index in [1.54, 1.807) is 29.3 Å². The lowest BCUT2D eigenvalue weighted by molar-refractivity contribution is -0.115. The van der Waals surface area contributed by atoms with Crippen LogP contribution in [0.1, 0.15) is 5.69 Å². The Kier molecular flexibility index (Phi) is 5.05. The van der Waals surface area contributed by atoms with Gasteiger partial charge in [-0.3, -0.25) is 4.79 Å². The second-order valence-electron chi connectivity index (χ2n) is 4.82. The van der Waals surface area contributed by atoms with Gasteiger partial charge in [0.1, 0.15) is 5.01 Å². The molecule has 1 amide bonds. The number of rotatable bonds is 5. The highest BCUT2D eigenvalue weighted by atomic mass is 32.2. The first-order valence-electron chi connectivity index (χ1n) is 7.04. The van der Waals surface area contributed by atoms with Crippen molar-refractivity contribution in [3.63, 3.8) is 0 Å². The normalized spacial score (nSPS) is 10.5. The van der Waals surface area contributed by atoms with E-state index in [0.29, 0.717) is 5.69 Å². The molecule has 1 N–H and O–H groups in total. The summed E-state index contributed by atoms with van der Waals surface area (Å²) in [4.78, 5) is 20.9. The van der Waals surface area contributed by atoms with Gasteiger partial charge in [0, 0.05) is 10.9 Å². The number of thiazole rings is 1.